The number of hydrogen-bond acceptors (Lipinski definition) is 6. The molecule has 1 aliphatic heterocycles. The van der Waals surface area contributed by atoms with Crippen LogP contribution in [0.1, 0.15) is 41.1 Å². The van der Waals surface area contributed by atoms with E-state index in [1.165, 1.54) is 16.7 Å². The van der Waals surface area contributed by atoms with Gasteiger partial charge in [-0.1, -0.05) is 0 Å². The topological polar surface area (TPSA) is 92.6 Å². The lowest BCUT2D eigenvalue weighted by Crippen LogP contribution is -2.50. The van der Waals surface area contributed by atoms with Crippen LogP contribution in [0.25, 0.3) is 5.82 Å². The van der Waals surface area contributed by atoms with Crippen molar-refractivity contribution < 1.29 is 0 Å². The summed E-state index contributed by atoms with van der Waals surface area (Å²) in [6.45, 7) is 5.97. The standard InChI is InChI=1S/C23H25N7O/c1-15-9-16(2)30(26-15)21-7-8-22(31)29(27-21)14-17-12-28(13-17)23-19(11-24)10-18-5-3-4-6-20(18)25-23/h7-10,17H,3-6,12-14H2,1-2H3. The number of nitriles is 1. The fraction of sp³-hybridized carbons (Fsp3) is 0.435. The molecule has 0 radical (unpaired) electrons. The van der Waals surface area contributed by atoms with Crippen molar-refractivity contribution in [3.63, 3.8) is 0 Å². The number of hydrogen-bond donors (Lipinski definition) is 0. The first-order chi connectivity index (χ1) is 15.0. The number of pyridine rings is 1. The molecule has 3 aromatic rings. The molecule has 1 aliphatic carbocycles. The Bertz CT molecular complexity index is 1240. The largest absolute Gasteiger partial charge is 0.355 e. The van der Waals surface area contributed by atoms with Crippen molar-refractivity contribution in [1.82, 2.24) is 24.5 Å². The highest BCUT2D eigenvalue weighted by Gasteiger charge is 2.31. The third-order valence-corrected chi connectivity index (χ3v) is 6.17. The van der Waals surface area contributed by atoms with Crippen molar-refractivity contribution in [2.24, 2.45) is 5.92 Å². The summed E-state index contributed by atoms with van der Waals surface area (Å²) in [5, 5.41) is 18.6. The summed E-state index contributed by atoms with van der Waals surface area (Å²) in [6.07, 6.45) is 4.33. The van der Waals surface area contributed by atoms with Gasteiger partial charge in [-0.2, -0.15) is 10.4 Å². The predicted octanol–water partition coefficient (Wildman–Crippen LogP) is 2.33. The highest BCUT2D eigenvalue weighted by atomic mass is 16.1. The molecule has 0 bridgehead atoms. The first-order valence-corrected chi connectivity index (χ1v) is 10.8. The molecule has 0 atom stereocenters. The second kappa shape index (κ2) is 7.65. The molecule has 0 aromatic carbocycles. The van der Waals surface area contributed by atoms with Crippen LogP contribution in [0.4, 0.5) is 5.82 Å². The molecule has 3 aromatic heterocycles. The molecule has 158 valence electrons. The Labute approximate surface area is 180 Å². The SMILES string of the molecule is Cc1cc(C)n(-c2ccc(=O)n(CC3CN(c4nc5c(cc4C#N)CCCC5)C3)n2)n1. The van der Waals surface area contributed by atoms with E-state index >= 15 is 0 Å². The van der Waals surface area contributed by atoms with Gasteiger partial charge < -0.3 is 4.90 Å². The average Bonchev–Trinajstić information content (AvgIpc) is 3.08. The Kier molecular flexibility index (Phi) is 4.81. The Morgan fingerprint density at radius 3 is 2.68 bits per heavy atom. The zero-order valence-electron chi connectivity index (χ0n) is 17.9. The first kappa shape index (κ1) is 19.5. The van der Waals surface area contributed by atoms with E-state index in [1.54, 1.807) is 16.8 Å². The quantitative estimate of drug-likeness (QED) is 0.649. The lowest BCUT2D eigenvalue weighted by Gasteiger charge is -2.41. The van der Waals surface area contributed by atoms with Gasteiger partial charge in [0.15, 0.2) is 5.82 Å². The molecule has 0 saturated carbocycles. The molecule has 8 heteroatoms. The van der Waals surface area contributed by atoms with Crippen LogP contribution in [0.5, 0.6) is 0 Å². The van der Waals surface area contributed by atoms with Crippen molar-refractivity contribution in [3.8, 4) is 11.9 Å². The minimum Gasteiger partial charge on any atom is -0.355 e. The molecule has 1 fully saturated rings. The third-order valence-electron chi connectivity index (χ3n) is 6.17. The van der Waals surface area contributed by atoms with Gasteiger partial charge in [0, 0.05) is 36.5 Å². The molecule has 8 nitrogen and oxygen atoms in total. The summed E-state index contributed by atoms with van der Waals surface area (Å²) in [7, 11) is 0. The van der Waals surface area contributed by atoms with E-state index in [1.807, 2.05) is 26.0 Å². The van der Waals surface area contributed by atoms with Crippen LogP contribution in [-0.4, -0.2) is 37.6 Å². The molecule has 0 N–H and O–H groups in total. The van der Waals surface area contributed by atoms with Crippen LogP contribution < -0.4 is 10.5 Å². The Morgan fingerprint density at radius 1 is 1.13 bits per heavy atom. The van der Waals surface area contributed by atoms with Gasteiger partial charge in [0.05, 0.1) is 17.8 Å². The Morgan fingerprint density at radius 2 is 1.94 bits per heavy atom. The molecule has 0 unspecified atom stereocenters. The maximum Gasteiger partial charge on any atom is 0.266 e. The summed E-state index contributed by atoms with van der Waals surface area (Å²) in [4.78, 5) is 19.4. The van der Waals surface area contributed by atoms with Crippen LogP contribution >= 0.6 is 0 Å². The zero-order chi connectivity index (χ0) is 21.5. The summed E-state index contributed by atoms with van der Waals surface area (Å²) < 4.78 is 3.29. The molecular weight excluding hydrogens is 390 g/mol. The molecule has 31 heavy (non-hydrogen) atoms. The fourth-order valence-corrected chi connectivity index (χ4v) is 4.59. The van der Waals surface area contributed by atoms with Gasteiger partial charge in [0.25, 0.3) is 5.56 Å². The number of aromatic nitrogens is 5. The van der Waals surface area contributed by atoms with Crippen molar-refractivity contribution in [2.45, 2.75) is 46.1 Å². The van der Waals surface area contributed by atoms with Crippen molar-refractivity contribution in [1.29, 1.82) is 5.26 Å². The second-order valence-corrected chi connectivity index (χ2v) is 8.61. The normalized spacial score (nSPS) is 16.0. The van der Waals surface area contributed by atoms with Gasteiger partial charge in [-0.15, -0.1) is 5.10 Å². The van der Waals surface area contributed by atoms with E-state index in [4.69, 9.17) is 4.98 Å². The number of nitrogens with zero attached hydrogens (tertiary/aromatic N) is 7. The second-order valence-electron chi connectivity index (χ2n) is 8.61. The van der Waals surface area contributed by atoms with E-state index in [0.717, 1.165) is 55.3 Å². The lowest BCUT2D eigenvalue weighted by molar-refractivity contribution is 0.331. The van der Waals surface area contributed by atoms with Crippen molar-refractivity contribution in [2.75, 3.05) is 18.0 Å². The lowest BCUT2D eigenvalue weighted by atomic mass is 9.93. The highest BCUT2D eigenvalue weighted by Crippen LogP contribution is 2.30. The molecule has 5 rings (SSSR count). The average molecular weight is 416 g/mol. The highest BCUT2D eigenvalue weighted by molar-refractivity contribution is 5.58. The summed E-state index contributed by atoms with van der Waals surface area (Å²) in [5.74, 6) is 1.71. The van der Waals surface area contributed by atoms with E-state index in [9.17, 15) is 10.1 Å². The molecule has 1 saturated heterocycles. The van der Waals surface area contributed by atoms with Gasteiger partial charge in [-0.05, 0) is 63.3 Å². The van der Waals surface area contributed by atoms with Crippen LogP contribution in [0.2, 0.25) is 0 Å². The van der Waals surface area contributed by atoms with E-state index in [-0.39, 0.29) is 11.5 Å². The Balaban J connectivity index is 1.32. The molecular formula is C23H25N7O. The Hall–Kier alpha value is -3.47. The smallest absolute Gasteiger partial charge is 0.266 e. The fourth-order valence-electron chi connectivity index (χ4n) is 4.59. The zero-order valence-corrected chi connectivity index (χ0v) is 17.9. The van der Waals surface area contributed by atoms with Crippen LogP contribution in [-0.2, 0) is 19.4 Å². The number of aryl methyl sites for hydroxylation is 4. The summed E-state index contributed by atoms with van der Waals surface area (Å²) >= 11 is 0. The van der Waals surface area contributed by atoms with Gasteiger partial charge in [-0.25, -0.2) is 14.3 Å². The predicted molar refractivity (Wildman–Crippen MR) is 116 cm³/mol. The van der Waals surface area contributed by atoms with Gasteiger partial charge in [0.2, 0.25) is 0 Å². The molecule has 0 spiro atoms. The minimum absolute atomic E-state index is 0.117. The third kappa shape index (κ3) is 3.61. The van der Waals surface area contributed by atoms with E-state index < -0.39 is 0 Å². The maximum atomic E-state index is 12.4. The summed E-state index contributed by atoms with van der Waals surface area (Å²) in [5.41, 5.74) is 4.79. The van der Waals surface area contributed by atoms with Gasteiger partial charge >= 0.3 is 0 Å². The molecule has 2 aliphatic rings. The van der Waals surface area contributed by atoms with E-state index in [0.29, 0.717) is 17.9 Å². The first-order valence-electron chi connectivity index (χ1n) is 10.8. The van der Waals surface area contributed by atoms with E-state index in [2.05, 4.69) is 21.2 Å². The summed E-state index contributed by atoms with van der Waals surface area (Å²) in [6, 6.07) is 9.59. The minimum atomic E-state index is -0.117. The number of anilines is 1. The van der Waals surface area contributed by atoms with Crippen molar-refractivity contribution in [3.05, 3.63) is 62.8 Å². The maximum absolute atomic E-state index is 12.4. The molecule has 0 amide bonds. The van der Waals surface area contributed by atoms with Crippen LogP contribution in [0.3, 0.4) is 0 Å². The van der Waals surface area contributed by atoms with Gasteiger partial charge in [-0.3, -0.25) is 4.79 Å². The van der Waals surface area contributed by atoms with Crippen molar-refractivity contribution >= 4 is 5.82 Å². The number of fused-ring (bicyclic) bond motifs is 1. The van der Waals surface area contributed by atoms with Gasteiger partial charge in [0.1, 0.15) is 11.9 Å². The van der Waals surface area contributed by atoms with Crippen LogP contribution in [0, 0.1) is 31.1 Å². The molecule has 4 heterocycles. The number of rotatable bonds is 4. The van der Waals surface area contributed by atoms with Crippen LogP contribution in [0.15, 0.2) is 29.1 Å². The monoisotopic (exact) mass is 415 g/mol.